The van der Waals surface area contributed by atoms with Crippen LogP contribution in [0.15, 0.2) is 18.2 Å². The van der Waals surface area contributed by atoms with Gasteiger partial charge in [-0.1, -0.05) is 0 Å². The molecule has 1 amide bonds. The number of carbonyl (C=O) groups is 1. The second-order valence-electron chi connectivity index (χ2n) is 2.90. The zero-order valence-electron chi connectivity index (χ0n) is 7.62. The number of aliphatic hydroxyl groups excluding tert-OH is 1. The Hall–Kier alpha value is -1.62. The number of nitrogen functional groups attached to an aromatic ring is 1. The summed E-state index contributed by atoms with van der Waals surface area (Å²) in [5.74, 6) is -1.10. The Labute approximate surface area is 80.5 Å². The maximum atomic E-state index is 12.7. The number of aliphatic hydroxyl groups is 1. The first kappa shape index (κ1) is 10.5. The standard InChI is InChI=1S/C9H11FN2O2/c1-5(13)9(14)12-6-2-3-7(10)8(11)4-6/h2-5,13H,11H2,1H3,(H,12,14). The minimum Gasteiger partial charge on any atom is -0.396 e. The first-order chi connectivity index (χ1) is 6.50. The molecule has 1 unspecified atom stereocenters. The summed E-state index contributed by atoms with van der Waals surface area (Å²) in [5.41, 5.74) is 5.59. The van der Waals surface area contributed by atoms with E-state index in [-0.39, 0.29) is 5.69 Å². The van der Waals surface area contributed by atoms with E-state index in [0.29, 0.717) is 5.69 Å². The Balaban J connectivity index is 2.78. The molecular weight excluding hydrogens is 187 g/mol. The molecule has 0 bridgehead atoms. The number of hydrogen-bond donors (Lipinski definition) is 3. The lowest BCUT2D eigenvalue weighted by Crippen LogP contribution is -2.24. The van der Waals surface area contributed by atoms with Gasteiger partial charge in [-0.15, -0.1) is 0 Å². The maximum absolute atomic E-state index is 12.7. The van der Waals surface area contributed by atoms with Crippen molar-refractivity contribution in [2.45, 2.75) is 13.0 Å². The summed E-state index contributed by atoms with van der Waals surface area (Å²) >= 11 is 0. The van der Waals surface area contributed by atoms with Crippen LogP contribution in [0.2, 0.25) is 0 Å². The van der Waals surface area contributed by atoms with Crippen LogP contribution in [-0.4, -0.2) is 17.1 Å². The number of hydrogen-bond acceptors (Lipinski definition) is 3. The second kappa shape index (κ2) is 4.06. The van der Waals surface area contributed by atoms with Crippen molar-refractivity contribution < 1.29 is 14.3 Å². The summed E-state index contributed by atoms with van der Waals surface area (Å²) in [4.78, 5) is 11.0. The molecule has 1 atom stereocenters. The van der Waals surface area contributed by atoms with Crippen molar-refractivity contribution in [1.29, 1.82) is 0 Å². The van der Waals surface area contributed by atoms with Crippen LogP contribution in [0.1, 0.15) is 6.92 Å². The molecule has 0 saturated carbocycles. The molecule has 0 aliphatic carbocycles. The van der Waals surface area contributed by atoms with Crippen LogP contribution in [-0.2, 0) is 4.79 Å². The molecule has 1 aromatic rings. The molecule has 0 aromatic heterocycles. The van der Waals surface area contributed by atoms with Gasteiger partial charge in [-0.2, -0.15) is 0 Å². The monoisotopic (exact) mass is 198 g/mol. The van der Waals surface area contributed by atoms with E-state index in [1.807, 2.05) is 0 Å². The number of nitrogens with one attached hydrogen (secondary N) is 1. The fourth-order valence-corrected chi connectivity index (χ4v) is 0.868. The summed E-state index contributed by atoms with van der Waals surface area (Å²) in [6, 6.07) is 3.80. The molecule has 5 heteroatoms. The molecule has 0 saturated heterocycles. The molecule has 0 heterocycles. The first-order valence-electron chi connectivity index (χ1n) is 4.04. The summed E-state index contributed by atoms with van der Waals surface area (Å²) in [6.07, 6.45) is -1.11. The highest BCUT2D eigenvalue weighted by molar-refractivity contribution is 5.94. The molecule has 14 heavy (non-hydrogen) atoms. The number of halogens is 1. The normalized spacial score (nSPS) is 12.2. The van der Waals surface area contributed by atoms with Gasteiger partial charge in [0.15, 0.2) is 0 Å². The van der Waals surface area contributed by atoms with Gasteiger partial charge >= 0.3 is 0 Å². The molecule has 0 radical (unpaired) electrons. The van der Waals surface area contributed by atoms with Crippen LogP contribution in [0.4, 0.5) is 15.8 Å². The molecule has 0 fully saturated rings. The lowest BCUT2D eigenvalue weighted by molar-refractivity contribution is -0.123. The van der Waals surface area contributed by atoms with Gasteiger partial charge < -0.3 is 16.2 Å². The average Bonchev–Trinajstić information content (AvgIpc) is 2.11. The minimum atomic E-state index is -1.11. The van der Waals surface area contributed by atoms with E-state index < -0.39 is 17.8 Å². The van der Waals surface area contributed by atoms with Gasteiger partial charge in [0.1, 0.15) is 11.9 Å². The van der Waals surface area contributed by atoms with Gasteiger partial charge in [0, 0.05) is 5.69 Å². The summed E-state index contributed by atoms with van der Waals surface area (Å²) in [7, 11) is 0. The Morgan fingerprint density at radius 1 is 1.64 bits per heavy atom. The van der Waals surface area contributed by atoms with E-state index in [2.05, 4.69) is 5.32 Å². The summed E-state index contributed by atoms with van der Waals surface area (Å²) in [6.45, 7) is 1.34. The quantitative estimate of drug-likeness (QED) is 0.613. The fourth-order valence-electron chi connectivity index (χ4n) is 0.868. The number of nitrogens with two attached hydrogens (primary N) is 1. The van der Waals surface area contributed by atoms with Crippen LogP contribution in [0.25, 0.3) is 0 Å². The zero-order chi connectivity index (χ0) is 10.7. The van der Waals surface area contributed by atoms with Crippen molar-refractivity contribution in [2.24, 2.45) is 0 Å². The Kier molecular flexibility index (Phi) is 3.03. The van der Waals surface area contributed by atoms with Crippen molar-refractivity contribution in [3.8, 4) is 0 Å². The van der Waals surface area contributed by atoms with Crippen LogP contribution in [0.3, 0.4) is 0 Å². The molecule has 76 valence electrons. The fraction of sp³-hybridized carbons (Fsp3) is 0.222. The third-order valence-electron chi connectivity index (χ3n) is 1.64. The molecule has 4 N–H and O–H groups in total. The molecule has 1 rings (SSSR count). The molecular formula is C9H11FN2O2. The molecule has 4 nitrogen and oxygen atoms in total. The smallest absolute Gasteiger partial charge is 0.252 e. The van der Waals surface area contributed by atoms with E-state index >= 15 is 0 Å². The van der Waals surface area contributed by atoms with E-state index in [9.17, 15) is 9.18 Å². The molecule has 0 aliphatic rings. The highest BCUT2D eigenvalue weighted by Gasteiger charge is 2.09. The second-order valence-corrected chi connectivity index (χ2v) is 2.90. The van der Waals surface area contributed by atoms with Gasteiger partial charge in [0.2, 0.25) is 0 Å². The van der Waals surface area contributed by atoms with Gasteiger partial charge in [-0.05, 0) is 25.1 Å². The van der Waals surface area contributed by atoms with E-state index in [1.54, 1.807) is 0 Å². The first-order valence-corrected chi connectivity index (χ1v) is 4.04. The number of amides is 1. The maximum Gasteiger partial charge on any atom is 0.252 e. The highest BCUT2D eigenvalue weighted by Crippen LogP contribution is 2.16. The summed E-state index contributed by atoms with van der Waals surface area (Å²) in [5, 5.41) is 11.3. The largest absolute Gasteiger partial charge is 0.396 e. The van der Waals surface area contributed by atoms with Crippen LogP contribution in [0, 0.1) is 5.82 Å². The highest BCUT2D eigenvalue weighted by atomic mass is 19.1. The third-order valence-corrected chi connectivity index (χ3v) is 1.64. The average molecular weight is 198 g/mol. The Morgan fingerprint density at radius 3 is 2.79 bits per heavy atom. The minimum absolute atomic E-state index is 0.0478. The van der Waals surface area contributed by atoms with Crippen molar-refractivity contribution in [2.75, 3.05) is 11.1 Å². The van der Waals surface area contributed by atoms with E-state index in [4.69, 9.17) is 10.8 Å². The van der Waals surface area contributed by atoms with Crippen LogP contribution >= 0.6 is 0 Å². The van der Waals surface area contributed by atoms with Crippen LogP contribution in [0.5, 0.6) is 0 Å². The number of carbonyl (C=O) groups excluding carboxylic acids is 1. The van der Waals surface area contributed by atoms with Gasteiger partial charge in [0.05, 0.1) is 5.69 Å². The molecule has 1 aromatic carbocycles. The molecule has 0 aliphatic heterocycles. The SMILES string of the molecule is CC(O)C(=O)Nc1ccc(F)c(N)c1. The topological polar surface area (TPSA) is 75.3 Å². The number of anilines is 2. The zero-order valence-corrected chi connectivity index (χ0v) is 7.62. The van der Waals surface area contributed by atoms with Gasteiger partial charge in [-0.3, -0.25) is 4.79 Å². The predicted octanol–water partition coefficient (Wildman–Crippen LogP) is 0.727. The molecule has 0 spiro atoms. The lowest BCUT2D eigenvalue weighted by atomic mass is 10.2. The van der Waals surface area contributed by atoms with Crippen LogP contribution < -0.4 is 11.1 Å². The van der Waals surface area contributed by atoms with E-state index in [0.717, 1.165) is 6.07 Å². The third kappa shape index (κ3) is 2.43. The number of rotatable bonds is 2. The van der Waals surface area contributed by atoms with Gasteiger partial charge in [-0.25, -0.2) is 4.39 Å². The van der Waals surface area contributed by atoms with Crippen molar-refractivity contribution in [3.63, 3.8) is 0 Å². The van der Waals surface area contributed by atoms with Gasteiger partial charge in [0.25, 0.3) is 5.91 Å². The Bertz CT molecular complexity index is 353. The number of benzene rings is 1. The predicted molar refractivity (Wildman–Crippen MR) is 51.1 cm³/mol. The van der Waals surface area contributed by atoms with Crippen molar-refractivity contribution in [3.05, 3.63) is 24.0 Å². The summed E-state index contributed by atoms with van der Waals surface area (Å²) < 4.78 is 12.7. The van der Waals surface area contributed by atoms with Crippen molar-refractivity contribution >= 4 is 17.3 Å². The lowest BCUT2D eigenvalue weighted by Gasteiger charge is -2.07. The Morgan fingerprint density at radius 2 is 2.29 bits per heavy atom. The van der Waals surface area contributed by atoms with E-state index in [1.165, 1.54) is 19.1 Å². The van der Waals surface area contributed by atoms with Crippen molar-refractivity contribution in [1.82, 2.24) is 0 Å².